The lowest BCUT2D eigenvalue weighted by Crippen LogP contribution is -2.36. The van der Waals surface area contributed by atoms with E-state index in [-0.39, 0.29) is 5.56 Å². The van der Waals surface area contributed by atoms with Crippen molar-refractivity contribution in [1.29, 1.82) is 0 Å². The van der Waals surface area contributed by atoms with Gasteiger partial charge in [0.1, 0.15) is 11.6 Å². The number of ether oxygens (including phenoxy) is 1. The van der Waals surface area contributed by atoms with Crippen molar-refractivity contribution in [1.82, 2.24) is 19.5 Å². The highest BCUT2D eigenvalue weighted by Crippen LogP contribution is 2.33. The number of amides is 1. The van der Waals surface area contributed by atoms with E-state index in [1.165, 1.54) is 6.07 Å². The number of carbonyl (C=O) groups is 1. The Bertz CT molecular complexity index is 1500. The van der Waals surface area contributed by atoms with Gasteiger partial charge < -0.3 is 25.4 Å². The van der Waals surface area contributed by atoms with E-state index in [2.05, 4.69) is 25.6 Å². The number of halogens is 3. The highest BCUT2D eigenvalue weighted by Gasteiger charge is 2.32. The first-order chi connectivity index (χ1) is 19.7. The van der Waals surface area contributed by atoms with Gasteiger partial charge in [0.25, 0.3) is 5.91 Å². The average Bonchev–Trinajstić information content (AvgIpc) is 3.46. The van der Waals surface area contributed by atoms with Crippen LogP contribution >= 0.6 is 0 Å². The summed E-state index contributed by atoms with van der Waals surface area (Å²) in [6.07, 6.45) is -0.210. The van der Waals surface area contributed by atoms with Gasteiger partial charge in [0, 0.05) is 60.7 Å². The summed E-state index contributed by atoms with van der Waals surface area (Å²) in [4.78, 5) is 27.9. The summed E-state index contributed by atoms with van der Waals surface area (Å²) in [5.74, 6) is 0.834. The standard InChI is InChI=1S/C28H28F3N7O3/c1-18(39)17-34-27-33-7-6-24(36-27)38-9-8-32-25(38)19-2-4-22(5-3-19)35-26(40)20-14-21(28(29,30)31)16-23(15-20)37-10-12-41-13-11-37/h2-9,14-16,18,39H,10-13,17H2,1H3,(H,35,40)(H,33,34,36)/t18-/m0/s1. The third-order valence-corrected chi connectivity index (χ3v) is 6.37. The van der Waals surface area contributed by atoms with Crippen molar-refractivity contribution < 1.29 is 27.8 Å². The van der Waals surface area contributed by atoms with Crippen molar-refractivity contribution in [2.24, 2.45) is 0 Å². The maximum Gasteiger partial charge on any atom is 0.416 e. The topological polar surface area (TPSA) is 117 Å². The number of rotatable bonds is 8. The number of morpholine rings is 1. The van der Waals surface area contributed by atoms with Crippen LogP contribution in [-0.2, 0) is 10.9 Å². The molecular formula is C28H28F3N7O3. The number of aliphatic hydroxyl groups excluding tert-OH is 1. The molecule has 0 radical (unpaired) electrons. The molecular weight excluding hydrogens is 539 g/mol. The molecule has 2 aromatic carbocycles. The van der Waals surface area contributed by atoms with Crippen molar-refractivity contribution in [3.63, 3.8) is 0 Å². The molecule has 0 aliphatic carbocycles. The van der Waals surface area contributed by atoms with E-state index < -0.39 is 23.8 Å². The van der Waals surface area contributed by atoms with Crippen molar-refractivity contribution in [2.45, 2.75) is 19.2 Å². The van der Waals surface area contributed by atoms with E-state index in [9.17, 15) is 23.1 Å². The van der Waals surface area contributed by atoms with Gasteiger partial charge >= 0.3 is 6.18 Å². The van der Waals surface area contributed by atoms with Crippen LogP contribution < -0.4 is 15.5 Å². The van der Waals surface area contributed by atoms with E-state index in [1.807, 2.05) is 0 Å². The zero-order chi connectivity index (χ0) is 29.0. The SMILES string of the molecule is C[C@H](O)CNc1nccc(-n2ccnc2-c2ccc(NC(=O)c3cc(N4CCOCC4)cc(C(F)(F)F)c3)cc2)n1. The molecule has 214 valence electrons. The van der Waals surface area contributed by atoms with Gasteiger partial charge in [0.15, 0.2) is 0 Å². The van der Waals surface area contributed by atoms with Crippen LogP contribution in [0.4, 0.5) is 30.5 Å². The molecule has 2 aromatic heterocycles. The van der Waals surface area contributed by atoms with Gasteiger partial charge in [-0.25, -0.2) is 9.97 Å². The molecule has 0 spiro atoms. The Labute approximate surface area is 233 Å². The number of aliphatic hydroxyl groups is 1. The molecule has 1 saturated heterocycles. The van der Waals surface area contributed by atoms with Gasteiger partial charge in [-0.05, 0) is 55.5 Å². The highest BCUT2D eigenvalue weighted by atomic mass is 19.4. The molecule has 3 N–H and O–H groups in total. The first-order valence-corrected chi connectivity index (χ1v) is 12.9. The number of hydrogen-bond donors (Lipinski definition) is 3. The minimum Gasteiger partial charge on any atom is -0.392 e. The highest BCUT2D eigenvalue weighted by molar-refractivity contribution is 6.05. The number of aromatic nitrogens is 4. The monoisotopic (exact) mass is 567 g/mol. The molecule has 1 fully saturated rings. The third kappa shape index (κ3) is 6.81. The average molecular weight is 568 g/mol. The van der Waals surface area contributed by atoms with E-state index in [1.54, 1.807) is 65.3 Å². The van der Waals surface area contributed by atoms with E-state index >= 15 is 0 Å². The number of hydrogen-bond acceptors (Lipinski definition) is 8. The Morgan fingerprint density at radius 3 is 2.54 bits per heavy atom. The van der Waals surface area contributed by atoms with Gasteiger partial charge in [-0.3, -0.25) is 9.36 Å². The summed E-state index contributed by atoms with van der Waals surface area (Å²) in [6, 6.07) is 11.9. The largest absolute Gasteiger partial charge is 0.416 e. The first-order valence-electron chi connectivity index (χ1n) is 12.9. The molecule has 1 aliphatic heterocycles. The summed E-state index contributed by atoms with van der Waals surface area (Å²) in [5, 5.41) is 15.2. The Morgan fingerprint density at radius 2 is 1.83 bits per heavy atom. The second-order valence-electron chi connectivity index (χ2n) is 9.49. The third-order valence-electron chi connectivity index (χ3n) is 6.37. The Kier molecular flexibility index (Phi) is 8.17. The minimum atomic E-state index is -4.60. The quantitative estimate of drug-likeness (QED) is 0.290. The number of anilines is 3. The van der Waals surface area contributed by atoms with Gasteiger partial charge in [0.05, 0.1) is 24.9 Å². The van der Waals surface area contributed by atoms with Crippen LogP contribution in [0, 0.1) is 0 Å². The summed E-state index contributed by atoms with van der Waals surface area (Å²) < 4.78 is 47.9. The fourth-order valence-electron chi connectivity index (χ4n) is 4.33. The number of alkyl halides is 3. The van der Waals surface area contributed by atoms with Gasteiger partial charge in [0.2, 0.25) is 5.95 Å². The molecule has 41 heavy (non-hydrogen) atoms. The van der Waals surface area contributed by atoms with Gasteiger partial charge in [-0.2, -0.15) is 18.2 Å². The maximum absolute atomic E-state index is 13.6. The predicted octanol–water partition coefficient (Wildman–Crippen LogP) is 4.23. The fourth-order valence-corrected chi connectivity index (χ4v) is 4.33. The van der Waals surface area contributed by atoms with Crippen LogP contribution in [0.1, 0.15) is 22.8 Å². The zero-order valence-corrected chi connectivity index (χ0v) is 22.1. The molecule has 10 nitrogen and oxygen atoms in total. The number of benzene rings is 2. The van der Waals surface area contributed by atoms with E-state index in [4.69, 9.17) is 4.74 Å². The second kappa shape index (κ2) is 11.9. The van der Waals surface area contributed by atoms with Crippen LogP contribution in [0.2, 0.25) is 0 Å². The fraction of sp³-hybridized carbons (Fsp3) is 0.286. The molecule has 1 aliphatic rings. The number of nitrogens with zero attached hydrogens (tertiary/aromatic N) is 5. The molecule has 0 saturated carbocycles. The lowest BCUT2D eigenvalue weighted by Gasteiger charge is -2.29. The van der Waals surface area contributed by atoms with Gasteiger partial charge in [-0.1, -0.05) is 0 Å². The molecule has 1 atom stereocenters. The van der Waals surface area contributed by atoms with Crippen LogP contribution in [0.25, 0.3) is 17.2 Å². The Hall–Kier alpha value is -4.49. The molecule has 1 amide bonds. The summed E-state index contributed by atoms with van der Waals surface area (Å²) in [7, 11) is 0. The normalized spacial score (nSPS) is 14.5. The number of nitrogens with one attached hydrogen (secondary N) is 2. The first kappa shape index (κ1) is 28.1. The molecule has 0 bridgehead atoms. The molecule has 0 unspecified atom stereocenters. The number of carbonyl (C=O) groups excluding carboxylic acids is 1. The zero-order valence-electron chi connectivity index (χ0n) is 22.1. The second-order valence-corrected chi connectivity index (χ2v) is 9.49. The van der Waals surface area contributed by atoms with Crippen LogP contribution in [0.5, 0.6) is 0 Å². The number of imidazole rings is 1. The van der Waals surface area contributed by atoms with Crippen LogP contribution in [-0.4, -0.2) is 69.5 Å². The lowest BCUT2D eigenvalue weighted by molar-refractivity contribution is -0.137. The van der Waals surface area contributed by atoms with Crippen molar-refractivity contribution in [2.75, 3.05) is 48.4 Å². The van der Waals surface area contributed by atoms with E-state index in [0.717, 1.165) is 17.7 Å². The van der Waals surface area contributed by atoms with Crippen LogP contribution in [0.3, 0.4) is 0 Å². The predicted molar refractivity (Wildman–Crippen MR) is 147 cm³/mol. The van der Waals surface area contributed by atoms with Crippen LogP contribution in [0.15, 0.2) is 67.1 Å². The maximum atomic E-state index is 13.6. The Morgan fingerprint density at radius 1 is 1.07 bits per heavy atom. The van der Waals surface area contributed by atoms with E-state index in [0.29, 0.717) is 61.8 Å². The molecule has 5 rings (SSSR count). The molecule has 3 heterocycles. The molecule has 13 heteroatoms. The summed E-state index contributed by atoms with van der Waals surface area (Å²) in [6.45, 7) is 3.63. The summed E-state index contributed by atoms with van der Waals surface area (Å²) in [5.41, 5.74) is 0.476. The Balaban J connectivity index is 1.34. The van der Waals surface area contributed by atoms with Crippen molar-refractivity contribution in [3.8, 4) is 17.2 Å². The van der Waals surface area contributed by atoms with Crippen molar-refractivity contribution in [3.05, 3.63) is 78.2 Å². The smallest absolute Gasteiger partial charge is 0.392 e. The summed E-state index contributed by atoms with van der Waals surface area (Å²) >= 11 is 0. The lowest BCUT2D eigenvalue weighted by atomic mass is 10.1. The van der Waals surface area contributed by atoms with Gasteiger partial charge in [-0.15, -0.1) is 0 Å². The molecule has 4 aromatic rings. The minimum absolute atomic E-state index is 0.0929. The van der Waals surface area contributed by atoms with Crippen molar-refractivity contribution >= 4 is 23.2 Å².